The van der Waals surface area contributed by atoms with E-state index in [1.54, 1.807) is 6.92 Å². The van der Waals surface area contributed by atoms with Gasteiger partial charge in [-0.25, -0.2) is 0 Å². The highest BCUT2D eigenvalue weighted by Crippen LogP contribution is 2.33. The van der Waals surface area contributed by atoms with Crippen molar-refractivity contribution in [2.75, 3.05) is 0 Å². The minimum Gasteiger partial charge on any atom is -0.317 e. The zero-order chi connectivity index (χ0) is 7.61. The Balaban J connectivity index is 2.36. The van der Waals surface area contributed by atoms with Gasteiger partial charge in [-0.05, 0) is 19.8 Å². The molecule has 0 unspecified atom stereocenters. The standard InChI is InChI=1S/C7H12F2O/c1-7(10-6(8)9)4-2-3-5-7/h6H,2-5H2,1H3. The fourth-order valence-electron chi connectivity index (χ4n) is 1.46. The lowest BCUT2D eigenvalue weighted by atomic mass is 10.1. The molecule has 0 saturated heterocycles. The van der Waals surface area contributed by atoms with Gasteiger partial charge in [-0.3, -0.25) is 0 Å². The average Bonchev–Trinajstić information content (AvgIpc) is 2.12. The van der Waals surface area contributed by atoms with Gasteiger partial charge in [-0.1, -0.05) is 12.8 Å². The summed E-state index contributed by atoms with van der Waals surface area (Å²) in [5.74, 6) is 0. The lowest BCUT2D eigenvalue weighted by Crippen LogP contribution is -2.26. The van der Waals surface area contributed by atoms with Gasteiger partial charge in [0, 0.05) is 0 Å². The maximum Gasteiger partial charge on any atom is 0.345 e. The van der Waals surface area contributed by atoms with Crippen molar-refractivity contribution in [3.8, 4) is 0 Å². The van der Waals surface area contributed by atoms with Crippen LogP contribution in [0.4, 0.5) is 8.78 Å². The van der Waals surface area contributed by atoms with Gasteiger partial charge >= 0.3 is 6.61 Å². The monoisotopic (exact) mass is 150 g/mol. The molecule has 0 atom stereocenters. The van der Waals surface area contributed by atoms with E-state index in [-0.39, 0.29) is 0 Å². The summed E-state index contributed by atoms with van der Waals surface area (Å²) >= 11 is 0. The minimum atomic E-state index is -2.61. The second-order valence-corrected chi connectivity index (χ2v) is 3.04. The van der Waals surface area contributed by atoms with Crippen LogP contribution in [0.1, 0.15) is 32.6 Å². The molecule has 0 N–H and O–H groups in total. The fourth-order valence-corrected chi connectivity index (χ4v) is 1.46. The van der Waals surface area contributed by atoms with Crippen molar-refractivity contribution in [1.29, 1.82) is 0 Å². The normalized spacial score (nSPS) is 24.0. The van der Waals surface area contributed by atoms with Gasteiger partial charge in [-0.2, -0.15) is 8.78 Å². The molecule has 0 heterocycles. The van der Waals surface area contributed by atoms with E-state index in [1.165, 1.54) is 0 Å². The van der Waals surface area contributed by atoms with Crippen LogP contribution in [0.2, 0.25) is 0 Å². The Morgan fingerprint density at radius 1 is 1.30 bits per heavy atom. The molecule has 0 aliphatic heterocycles. The smallest absolute Gasteiger partial charge is 0.317 e. The van der Waals surface area contributed by atoms with E-state index in [9.17, 15) is 8.78 Å². The summed E-state index contributed by atoms with van der Waals surface area (Å²) in [5, 5.41) is 0. The molecule has 1 aliphatic carbocycles. The van der Waals surface area contributed by atoms with Crippen molar-refractivity contribution in [3.63, 3.8) is 0 Å². The van der Waals surface area contributed by atoms with E-state index in [4.69, 9.17) is 0 Å². The molecule has 0 amide bonds. The summed E-state index contributed by atoms with van der Waals surface area (Å²) < 4.78 is 27.9. The van der Waals surface area contributed by atoms with Crippen LogP contribution in [0.3, 0.4) is 0 Å². The van der Waals surface area contributed by atoms with Crippen LogP contribution >= 0.6 is 0 Å². The minimum absolute atomic E-state index is 0.534. The number of ether oxygens (including phenoxy) is 1. The molecule has 0 aromatic carbocycles. The number of hydrogen-bond donors (Lipinski definition) is 0. The molecular formula is C7H12F2O. The number of halogens is 2. The average molecular weight is 150 g/mol. The van der Waals surface area contributed by atoms with E-state index < -0.39 is 12.2 Å². The Morgan fingerprint density at radius 2 is 1.80 bits per heavy atom. The Labute approximate surface area is 59.4 Å². The molecule has 0 bridgehead atoms. The van der Waals surface area contributed by atoms with Crippen LogP contribution in [0, 0.1) is 0 Å². The second kappa shape index (κ2) is 2.82. The van der Waals surface area contributed by atoms with Gasteiger partial charge in [0.25, 0.3) is 0 Å². The molecule has 0 spiro atoms. The summed E-state index contributed by atoms with van der Waals surface area (Å²) in [6, 6.07) is 0. The first-order valence-corrected chi connectivity index (χ1v) is 3.58. The second-order valence-electron chi connectivity index (χ2n) is 3.04. The summed E-state index contributed by atoms with van der Waals surface area (Å²) in [7, 11) is 0. The molecule has 0 radical (unpaired) electrons. The molecule has 1 fully saturated rings. The van der Waals surface area contributed by atoms with Crippen molar-refractivity contribution in [3.05, 3.63) is 0 Å². The van der Waals surface area contributed by atoms with Crippen LogP contribution in [-0.4, -0.2) is 12.2 Å². The zero-order valence-electron chi connectivity index (χ0n) is 6.07. The van der Waals surface area contributed by atoms with Crippen LogP contribution < -0.4 is 0 Å². The first kappa shape index (κ1) is 7.92. The van der Waals surface area contributed by atoms with Crippen molar-refractivity contribution in [2.45, 2.75) is 44.8 Å². The Bertz CT molecular complexity index is 108. The van der Waals surface area contributed by atoms with Crippen molar-refractivity contribution in [1.82, 2.24) is 0 Å². The van der Waals surface area contributed by atoms with Crippen molar-refractivity contribution < 1.29 is 13.5 Å². The summed E-state index contributed by atoms with van der Waals surface area (Å²) in [6.07, 6.45) is 3.58. The number of hydrogen-bond acceptors (Lipinski definition) is 1. The van der Waals surface area contributed by atoms with E-state index in [0.29, 0.717) is 0 Å². The highest BCUT2D eigenvalue weighted by Gasteiger charge is 2.32. The lowest BCUT2D eigenvalue weighted by molar-refractivity contribution is -0.200. The summed E-state index contributed by atoms with van der Waals surface area (Å²) in [4.78, 5) is 0. The van der Waals surface area contributed by atoms with E-state index in [2.05, 4.69) is 4.74 Å². The molecule has 10 heavy (non-hydrogen) atoms. The van der Waals surface area contributed by atoms with Gasteiger partial charge in [-0.15, -0.1) is 0 Å². The van der Waals surface area contributed by atoms with E-state index >= 15 is 0 Å². The number of alkyl halides is 2. The van der Waals surface area contributed by atoms with Gasteiger partial charge in [0.2, 0.25) is 0 Å². The fraction of sp³-hybridized carbons (Fsp3) is 1.00. The number of rotatable bonds is 2. The molecule has 0 aromatic heterocycles. The Kier molecular flexibility index (Phi) is 2.24. The zero-order valence-corrected chi connectivity index (χ0v) is 6.07. The molecular weight excluding hydrogens is 138 g/mol. The predicted octanol–water partition coefficient (Wildman–Crippen LogP) is 2.56. The Hall–Kier alpha value is -0.180. The van der Waals surface area contributed by atoms with Crippen LogP contribution in [0.5, 0.6) is 0 Å². The topological polar surface area (TPSA) is 9.23 Å². The van der Waals surface area contributed by atoms with Crippen LogP contribution in [-0.2, 0) is 4.74 Å². The van der Waals surface area contributed by atoms with Gasteiger partial charge in [0.15, 0.2) is 0 Å². The third kappa shape index (κ3) is 1.90. The molecule has 1 saturated carbocycles. The van der Waals surface area contributed by atoms with Crippen molar-refractivity contribution >= 4 is 0 Å². The van der Waals surface area contributed by atoms with Crippen LogP contribution in [0.25, 0.3) is 0 Å². The molecule has 1 aliphatic rings. The third-order valence-electron chi connectivity index (χ3n) is 2.03. The van der Waals surface area contributed by atoms with Gasteiger partial charge in [0.1, 0.15) is 0 Å². The first-order chi connectivity index (χ1) is 4.62. The van der Waals surface area contributed by atoms with Gasteiger partial charge < -0.3 is 4.74 Å². The molecule has 1 rings (SSSR count). The summed E-state index contributed by atoms with van der Waals surface area (Å²) in [6.45, 7) is -0.852. The maximum absolute atomic E-state index is 11.7. The quantitative estimate of drug-likeness (QED) is 0.587. The highest BCUT2D eigenvalue weighted by atomic mass is 19.3. The van der Waals surface area contributed by atoms with E-state index in [0.717, 1.165) is 25.7 Å². The van der Waals surface area contributed by atoms with E-state index in [1.807, 2.05) is 0 Å². The van der Waals surface area contributed by atoms with Crippen LogP contribution in [0.15, 0.2) is 0 Å². The molecule has 3 heteroatoms. The Morgan fingerprint density at radius 3 is 2.20 bits per heavy atom. The first-order valence-electron chi connectivity index (χ1n) is 3.58. The molecule has 0 aromatic rings. The van der Waals surface area contributed by atoms with Gasteiger partial charge in [0.05, 0.1) is 5.60 Å². The molecule has 1 nitrogen and oxygen atoms in total. The molecule has 60 valence electrons. The van der Waals surface area contributed by atoms with Crippen molar-refractivity contribution in [2.24, 2.45) is 0 Å². The summed E-state index contributed by atoms with van der Waals surface area (Å²) in [5.41, 5.74) is -0.534. The highest BCUT2D eigenvalue weighted by molar-refractivity contribution is 4.81. The SMILES string of the molecule is CC1(OC(F)F)CCCC1. The lowest BCUT2D eigenvalue weighted by Gasteiger charge is -2.22. The largest absolute Gasteiger partial charge is 0.345 e. The predicted molar refractivity (Wildman–Crippen MR) is 34.0 cm³/mol. The third-order valence-corrected chi connectivity index (χ3v) is 2.03. The maximum atomic E-state index is 11.7.